The number of hydrogen-bond donors (Lipinski definition) is 2. The van der Waals surface area contributed by atoms with Gasteiger partial charge in [0, 0.05) is 6.20 Å². The van der Waals surface area contributed by atoms with Crippen LogP contribution in [0.15, 0.2) is 36.5 Å². The van der Waals surface area contributed by atoms with Gasteiger partial charge in [-0.15, -0.1) is 0 Å². The van der Waals surface area contributed by atoms with Crippen molar-refractivity contribution in [2.45, 2.75) is 25.9 Å². The minimum Gasteiger partial charge on any atom is -0.497 e. The number of carboxylic acids is 1. The zero-order valence-corrected chi connectivity index (χ0v) is 13.0. The molecule has 0 aliphatic heterocycles. The van der Waals surface area contributed by atoms with E-state index >= 15 is 0 Å². The fourth-order valence-corrected chi connectivity index (χ4v) is 2.17. The van der Waals surface area contributed by atoms with Crippen molar-refractivity contribution in [1.29, 1.82) is 0 Å². The molecule has 23 heavy (non-hydrogen) atoms. The molecule has 0 saturated heterocycles. The van der Waals surface area contributed by atoms with E-state index in [9.17, 15) is 9.59 Å². The Labute approximate surface area is 133 Å². The number of nitrogens with one attached hydrogen (secondary N) is 1. The molecule has 0 fully saturated rings. The molecule has 1 aromatic heterocycles. The first-order valence-electron chi connectivity index (χ1n) is 7.19. The number of aromatic nitrogens is 2. The van der Waals surface area contributed by atoms with Crippen molar-refractivity contribution in [3.8, 4) is 5.75 Å². The monoisotopic (exact) mass is 317 g/mol. The van der Waals surface area contributed by atoms with Crippen molar-refractivity contribution in [2.24, 2.45) is 0 Å². The third-order valence-electron chi connectivity index (χ3n) is 3.43. The summed E-state index contributed by atoms with van der Waals surface area (Å²) in [7, 11) is 1.59. The Morgan fingerprint density at radius 3 is 2.87 bits per heavy atom. The Morgan fingerprint density at radius 2 is 2.17 bits per heavy atom. The Balaban J connectivity index is 2.06. The van der Waals surface area contributed by atoms with Gasteiger partial charge in [0.25, 0.3) is 5.91 Å². The Hall–Kier alpha value is -2.83. The fraction of sp³-hybridized carbons (Fsp3) is 0.312. The highest BCUT2D eigenvalue weighted by Gasteiger charge is 2.16. The summed E-state index contributed by atoms with van der Waals surface area (Å²) in [5, 5.41) is 15.6. The van der Waals surface area contributed by atoms with Gasteiger partial charge in [-0.1, -0.05) is 12.1 Å². The Morgan fingerprint density at radius 1 is 1.39 bits per heavy atom. The van der Waals surface area contributed by atoms with E-state index in [1.165, 1.54) is 10.9 Å². The average Bonchev–Trinajstić information content (AvgIpc) is 3.01. The quantitative estimate of drug-likeness (QED) is 0.813. The summed E-state index contributed by atoms with van der Waals surface area (Å²) in [6, 6.07) is 8.78. The van der Waals surface area contributed by atoms with E-state index in [1.54, 1.807) is 13.2 Å². The van der Waals surface area contributed by atoms with Crippen LogP contribution in [0.1, 0.15) is 35.4 Å². The molecule has 122 valence electrons. The molecule has 0 aliphatic carbocycles. The number of hydrogen-bond acceptors (Lipinski definition) is 4. The highest BCUT2D eigenvalue weighted by molar-refractivity contribution is 5.92. The first kappa shape index (κ1) is 16.5. The summed E-state index contributed by atoms with van der Waals surface area (Å²) in [5.74, 6) is -0.519. The van der Waals surface area contributed by atoms with E-state index < -0.39 is 5.97 Å². The predicted molar refractivity (Wildman–Crippen MR) is 83.4 cm³/mol. The third-order valence-corrected chi connectivity index (χ3v) is 3.43. The number of aliphatic carboxylic acids is 1. The van der Waals surface area contributed by atoms with Crippen LogP contribution >= 0.6 is 0 Å². The van der Waals surface area contributed by atoms with Crippen LogP contribution in [0.5, 0.6) is 5.75 Å². The van der Waals surface area contributed by atoms with Crippen LogP contribution in [0, 0.1) is 0 Å². The minimum atomic E-state index is -0.934. The highest BCUT2D eigenvalue weighted by atomic mass is 16.5. The second-order valence-corrected chi connectivity index (χ2v) is 5.06. The molecule has 7 heteroatoms. The number of carbonyl (C=O) groups excluding carboxylic acids is 1. The smallest absolute Gasteiger partial charge is 0.305 e. The standard InChI is InChI=1S/C16H19N3O4/c1-11(12-4-3-5-13(10-12)23-2)18-16(22)14-6-8-17-19(14)9-7-15(20)21/h3-6,8,10-11H,7,9H2,1-2H3,(H,18,22)(H,20,21). The first-order chi connectivity index (χ1) is 11.0. The SMILES string of the molecule is COc1cccc(C(C)NC(=O)c2ccnn2CCC(=O)O)c1. The zero-order chi connectivity index (χ0) is 16.8. The molecule has 0 aliphatic rings. The molecular formula is C16H19N3O4. The molecule has 0 saturated carbocycles. The summed E-state index contributed by atoms with van der Waals surface area (Å²) in [5.41, 5.74) is 1.25. The lowest BCUT2D eigenvalue weighted by Crippen LogP contribution is -2.29. The van der Waals surface area contributed by atoms with Crippen molar-refractivity contribution >= 4 is 11.9 Å². The van der Waals surface area contributed by atoms with E-state index in [-0.39, 0.29) is 24.9 Å². The molecule has 7 nitrogen and oxygen atoms in total. The number of carboxylic acid groups (broad SMARTS) is 1. The number of ether oxygens (including phenoxy) is 1. The Bertz CT molecular complexity index is 696. The van der Waals surface area contributed by atoms with Crippen LogP contribution in [0.3, 0.4) is 0 Å². The van der Waals surface area contributed by atoms with Gasteiger partial charge in [-0.2, -0.15) is 5.10 Å². The summed E-state index contributed by atoms with van der Waals surface area (Å²) in [6.45, 7) is 2.02. The maximum atomic E-state index is 12.4. The summed E-state index contributed by atoms with van der Waals surface area (Å²) >= 11 is 0. The second-order valence-electron chi connectivity index (χ2n) is 5.06. The average molecular weight is 317 g/mol. The molecule has 1 atom stereocenters. The minimum absolute atomic E-state index is 0.0899. The largest absolute Gasteiger partial charge is 0.497 e. The van der Waals surface area contributed by atoms with E-state index in [4.69, 9.17) is 9.84 Å². The normalized spacial score (nSPS) is 11.7. The molecule has 0 radical (unpaired) electrons. The lowest BCUT2D eigenvalue weighted by molar-refractivity contribution is -0.137. The van der Waals surface area contributed by atoms with Crippen molar-refractivity contribution < 1.29 is 19.4 Å². The van der Waals surface area contributed by atoms with Crippen LogP contribution in [-0.4, -0.2) is 33.9 Å². The highest BCUT2D eigenvalue weighted by Crippen LogP contribution is 2.19. The van der Waals surface area contributed by atoms with Crippen molar-refractivity contribution in [2.75, 3.05) is 7.11 Å². The van der Waals surface area contributed by atoms with Gasteiger partial charge in [0.1, 0.15) is 11.4 Å². The molecule has 2 aromatic rings. The van der Waals surface area contributed by atoms with Gasteiger partial charge in [-0.3, -0.25) is 14.3 Å². The molecule has 1 amide bonds. The van der Waals surface area contributed by atoms with E-state index in [1.807, 2.05) is 31.2 Å². The van der Waals surface area contributed by atoms with Gasteiger partial charge < -0.3 is 15.2 Å². The number of benzene rings is 1. The van der Waals surface area contributed by atoms with Gasteiger partial charge in [0.05, 0.1) is 26.1 Å². The van der Waals surface area contributed by atoms with Crippen LogP contribution in [-0.2, 0) is 11.3 Å². The van der Waals surface area contributed by atoms with Crippen LogP contribution in [0.4, 0.5) is 0 Å². The van der Waals surface area contributed by atoms with Gasteiger partial charge in [0.2, 0.25) is 0 Å². The number of methoxy groups -OCH3 is 1. The predicted octanol–water partition coefficient (Wildman–Crippen LogP) is 1.86. The molecule has 1 aromatic carbocycles. The van der Waals surface area contributed by atoms with Crippen molar-refractivity contribution in [3.63, 3.8) is 0 Å². The number of aryl methyl sites for hydroxylation is 1. The topological polar surface area (TPSA) is 93.5 Å². The summed E-state index contributed by atoms with van der Waals surface area (Å²) in [6.07, 6.45) is 1.39. The van der Waals surface area contributed by atoms with Crippen LogP contribution in [0.2, 0.25) is 0 Å². The summed E-state index contributed by atoms with van der Waals surface area (Å²) in [4.78, 5) is 23.0. The molecular weight excluding hydrogens is 298 g/mol. The number of nitrogens with zero attached hydrogens (tertiary/aromatic N) is 2. The molecule has 2 N–H and O–H groups in total. The molecule has 0 spiro atoms. The van der Waals surface area contributed by atoms with E-state index in [0.717, 1.165) is 11.3 Å². The molecule has 0 bridgehead atoms. The molecule has 2 rings (SSSR count). The zero-order valence-electron chi connectivity index (χ0n) is 13.0. The van der Waals surface area contributed by atoms with Gasteiger partial charge in [0.15, 0.2) is 0 Å². The van der Waals surface area contributed by atoms with E-state index in [2.05, 4.69) is 10.4 Å². The van der Waals surface area contributed by atoms with Crippen LogP contribution in [0.25, 0.3) is 0 Å². The molecule has 1 unspecified atom stereocenters. The van der Waals surface area contributed by atoms with Crippen molar-refractivity contribution in [1.82, 2.24) is 15.1 Å². The number of rotatable bonds is 7. The lowest BCUT2D eigenvalue weighted by Gasteiger charge is -2.15. The Kier molecular flexibility index (Phi) is 5.35. The van der Waals surface area contributed by atoms with Crippen LogP contribution < -0.4 is 10.1 Å². The first-order valence-corrected chi connectivity index (χ1v) is 7.19. The van der Waals surface area contributed by atoms with E-state index in [0.29, 0.717) is 5.69 Å². The fourth-order valence-electron chi connectivity index (χ4n) is 2.17. The van der Waals surface area contributed by atoms with Gasteiger partial charge in [-0.05, 0) is 30.7 Å². The number of amides is 1. The third kappa shape index (κ3) is 4.32. The maximum Gasteiger partial charge on any atom is 0.305 e. The number of carbonyl (C=O) groups is 2. The second kappa shape index (κ2) is 7.44. The van der Waals surface area contributed by atoms with Gasteiger partial charge >= 0.3 is 5.97 Å². The maximum absolute atomic E-state index is 12.4. The molecule has 1 heterocycles. The van der Waals surface area contributed by atoms with Crippen molar-refractivity contribution in [3.05, 3.63) is 47.8 Å². The van der Waals surface area contributed by atoms with Gasteiger partial charge in [-0.25, -0.2) is 0 Å². The summed E-state index contributed by atoms with van der Waals surface area (Å²) < 4.78 is 6.56. The lowest BCUT2D eigenvalue weighted by atomic mass is 10.1.